The first-order chi connectivity index (χ1) is 14.7. The van der Waals surface area contributed by atoms with Crippen LogP contribution < -0.4 is 10.1 Å². The van der Waals surface area contributed by atoms with E-state index in [0.717, 1.165) is 33.3 Å². The normalized spacial score (nSPS) is 11.0. The maximum atomic E-state index is 12.3. The number of amides is 1. The lowest BCUT2D eigenvalue weighted by Gasteiger charge is -2.12. The lowest BCUT2D eigenvalue weighted by Crippen LogP contribution is -2.20. The van der Waals surface area contributed by atoms with Crippen LogP contribution in [0.4, 0.5) is 11.4 Å². The minimum Gasteiger partial charge on any atom is -0.483 e. The van der Waals surface area contributed by atoms with Crippen LogP contribution in [0.2, 0.25) is 0 Å². The molecule has 4 rings (SSSR count). The molecule has 0 aliphatic heterocycles. The zero-order chi connectivity index (χ0) is 20.8. The fourth-order valence-electron chi connectivity index (χ4n) is 3.24. The molecule has 1 N–H and O–H groups in total. The Morgan fingerprint density at radius 3 is 2.47 bits per heavy atom. The molecule has 148 valence electrons. The summed E-state index contributed by atoms with van der Waals surface area (Å²) < 4.78 is 5.89. The van der Waals surface area contributed by atoms with E-state index in [9.17, 15) is 4.79 Å². The summed E-state index contributed by atoms with van der Waals surface area (Å²) >= 11 is 0. The van der Waals surface area contributed by atoms with Gasteiger partial charge in [0.05, 0.1) is 5.69 Å². The van der Waals surface area contributed by atoms with Gasteiger partial charge in [-0.25, -0.2) is 0 Å². The number of carbonyl (C=O) groups excluding carboxylic acids is 1. The van der Waals surface area contributed by atoms with Crippen molar-refractivity contribution in [2.75, 3.05) is 11.9 Å². The SMILES string of the molecule is Cc1ccccc1N=Cc1c(OCC(=O)Nc2ccccc2)ccc2ccccc12. The van der Waals surface area contributed by atoms with Crippen LogP contribution in [0.5, 0.6) is 5.75 Å². The van der Waals surface area contributed by atoms with E-state index in [0.29, 0.717) is 5.75 Å². The highest BCUT2D eigenvalue weighted by molar-refractivity contribution is 6.03. The summed E-state index contributed by atoms with van der Waals surface area (Å²) in [6.45, 7) is 1.94. The molecular formula is C26H22N2O2. The monoisotopic (exact) mass is 394 g/mol. The first kappa shape index (κ1) is 19.4. The lowest BCUT2D eigenvalue weighted by atomic mass is 10.0. The highest BCUT2D eigenvalue weighted by Gasteiger charge is 2.10. The molecule has 0 bridgehead atoms. The molecule has 0 radical (unpaired) electrons. The summed E-state index contributed by atoms with van der Waals surface area (Å²) in [7, 11) is 0. The first-order valence-corrected chi connectivity index (χ1v) is 9.80. The molecule has 4 nitrogen and oxygen atoms in total. The van der Waals surface area contributed by atoms with Crippen molar-refractivity contribution in [2.45, 2.75) is 6.92 Å². The van der Waals surface area contributed by atoms with E-state index >= 15 is 0 Å². The van der Waals surface area contributed by atoms with Gasteiger partial charge in [-0.05, 0) is 47.5 Å². The Morgan fingerprint density at radius 2 is 1.63 bits per heavy atom. The zero-order valence-corrected chi connectivity index (χ0v) is 16.7. The van der Waals surface area contributed by atoms with E-state index in [1.165, 1.54) is 0 Å². The minimum atomic E-state index is -0.212. The number of ether oxygens (including phenoxy) is 1. The molecule has 30 heavy (non-hydrogen) atoms. The van der Waals surface area contributed by atoms with Gasteiger partial charge in [-0.2, -0.15) is 0 Å². The van der Waals surface area contributed by atoms with E-state index in [-0.39, 0.29) is 12.5 Å². The molecule has 0 saturated carbocycles. The Kier molecular flexibility index (Phi) is 5.85. The molecular weight excluding hydrogens is 372 g/mol. The highest BCUT2D eigenvalue weighted by atomic mass is 16.5. The third-order valence-corrected chi connectivity index (χ3v) is 4.80. The summed E-state index contributed by atoms with van der Waals surface area (Å²) in [5.74, 6) is 0.408. The number of nitrogens with zero attached hydrogens (tertiary/aromatic N) is 1. The van der Waals surface area contributed by atoms with Gasteiger partial charge in [0.15, 0.2) is 6.61 Å². The van der Waals surface area contributed by atoms with Gasteiger partial charge in [0.1, 0.15) is 5.75 Å². The van der Waals surface area contributed by atoms with Crippen molar-refractivity contribution in [1.82, 2.24) is 0 Å². The smallest absolute Gasteiger partial charge is 0.262 e. The second-order valence-corrected chi connectivity index (χ2v) is 6.95. The molecule has 4 heteroatoms. The lowest BCUT2D eigenvalue weighted by molar-refractivity contribution is -0.118. The average Bonchev–Trinajstić information content (AvgIpc) is 2.78. The second-order valence-electron chi connectivity index (χ2n) is 6.95. The fraction of sp³-hybridized carbons (Fsp3) is 0.0769. The van der Waals surface area contributed by atoms with Crippen LogP contribution in [0, 0.1) is 6.92 Å². The van der Waals surface area contributed by atoms with Gasteiger partial charge in [0, 0.05) is 17.5 Å². The quantitative estimate of drug-likeness (QED) is 0.413. The van der Waals surface area contributed by atoms with Crippen molar-refractivity contribution in [3.63, 3.8) is 0 Å². The van der Waals surface area contributed by atoms with Crippen molar-refractivity contribution in [1.29, 1.82) is 0 Å². The van der Waals surface area contributed by atoms with E-state index in [1.807, 2.05) is 104 Å². The molecule has 0 fully saturated rings. The molecule has 0 saturated heterocycles. The number of para-hydroxylation sites is 2. The van der Waals surface area contributed by atoms with Crippen molar-refractivity contribution in [3.8, 4) is 5.75 Å². The molecule has 0 aromatic heterocycles. The van der Waals surface area contributed by atoms with Gasteiger partial charge in [-0.3, -0.25) is 9.79 Å². The van der Waals surface area contributed by atoms with Gasteiger partial charge < -0.3 is 10.1 Å². The van der Waals surface area contributed by atoms with Crippen LogP contribution in [-0.2, 0) is 4.79 Å². The van der Waals surface area contributed by atoms with E-state index < -0.39 is 0 Å². The molecule has 0 unspecified atom stereocenters. The van der Waals surface area contributed by atoms with E-state index in [1.54, 1.807) is 0 Å². The van der Waals surface area contributed by atoms with Gasteiger partial charge >= 0.3 is 0 Å². The number of carbonyl (C=O) groups is 1. The number of benzene rings is 4. The Morgan fingerprint density at radius 1 is 0.900 bits per heavy atom. The maximum Gasteiger partial charge on any atom is 0.262 e. The zero-order valence-electron chi connectivity index (χ0n) is 16.7. The Hall–Kier alpha value is -3.92. The number of hydrogen-bond acceptors (Lipinski definition) is 3. The van der Waals surface area contributed by atoms with Crippen molar-refractivity contribution >= 4 is 34.3 Å². The summed E-state index contributed by atoms with van der Waals surface area (Å²) in [4.78, 5) is 17.0. The van der Waals surface area contributed by atoms with Crippen molar-refractivity contribution in [2.24, 2.45) is 4.99 Å². The number of rotatable bonds is 6. The standard InChI is InChI=1S/C26H22N2O2/c1-19-9-5-8-14-24(19)27-17-23-22-13-7-6-10-20(22)15-16-25(23)30-18-26(29)28-21-11-3-2-4-12-21/h2-17H,18H2,1H3,(H,28,29). The third-order valence-electron chi connectivity index (χ3n) is 4.80. The predicted molar refractivity (Wildman–Crippen MR) is 123 cm³/mol. The largest absolute Gasteiger partial charge is 0.483 e. The van der Waals surface area contributed by atoms with Crippen molar-refractivity contribution in [3.05, 3.63) is 102 Å². The fourth-order valence-corrected chi connectivity index (χ4v) is 3.24. The predicted octanol–water partition coefficient (Wildman–Crippen LogP) is 5.92. The summed E-state index contributed by atoms with van der Waals surface area (Å²) in [6.07, 6.45) is 1.81. The number of anilines is 1. The van der Waals surface area contributed by atoms with Crippen LogP contribution in [0.1, 0.15) is 11.1 Å². The molecule has 0 aliphatic carbocycles. The van der Waals surface area contributed by atoms with Crippen molar-refractivity contribution < 1.29 is 9.53 Å². The molecule has 0 aliphatic rings. The Balaban J connectivity index is 1.60. The van der Waals surface area contributed by atoms with Crippen LogP contribution in [-0.4, -0.2) is 18.7 Å². The molecule has 4 aromatic carbocycles. The number of fused-ring (bicyclic) bond motifs is 1. The van der Waals surface area contributed by atoms with E-state index in [2.05, 4.69) is 10.3 Å². The Labute approximate surface area is 175 Å². The van der Waals surface area contributed by atoms with Crippen LogP contribution in [0.25, 0.3) is 10.8 Å². The number of aryl methyl sites for hydroxylation is 1. The summed E-state index contributed by atoms with van der Waals surface area (Å²) in [6, 6.07) is 29.2. The van der Waals surface area contributed by atoms with Gasteiger partial charge in [0.25, 0.3) is 5.91 Å². The van der Waals surface area contributed by atoms with Crippen LogP contribution in [0.3, 0.4) is 0 Å². The first-order valence-electron chi connectivity index (χ1n) is 9.80. The van der Waals surface area contributed by atoms with Gasteiger partial charge in [-0.1, -0.05) is 66.7 Å². The van der Waals surface area contributed by atoms with Crippen LogP contribution >= 0.6 is 0 Å². The van der Waals surface area contributed by atoms with Gasteiger partial charge in [-0.15, -0.1) is 0 Å². The number of aliphatic imine (C=N–C) groups is 1. The number of nitrogens with one attached hydrogen (secondary N) is 1. The summed E-state index contributed by atoms with van der Waals surface area (Å²) in [5.41, 5.74) is 3.59. The minimum absolute atomic E-state index is 0.0849. The molecule has 0 atom stereocenters. The Bertz CT molecular complexity index is 1200. The average molecular weight is 394 g/mol. The number of hydrogen-bond donors (Lipinski definition) is 1. The maximum absolute atomic E-state index is 12.3. The van der Waals surface area contributed by atoms with Crippen LogP contribution in [0.15, 0.2) is 96.0 Å². The molecule has 4 aromatic rings. The van der Waals surface area contributed by atoms with E-state index in [4.69, 9.17) is 4.74 Å². The summed E-state index contributed by atoms with van der Waals surface area (Å²) in [5, 5.41) is 4.95. The van der Waals surface area contributed by atoms with Gasteiger partial charge in [0.2, 0.25) is 0 Å². The molecule has 0 spiro atoms. The molecule has 0 heterocycles. The third kappa shape index (κ3) is 4.55. The molecule has 1 amide bonds. The topological polar surface area (TPSA) is 50.7 Å². The second kappa shape index (κ2) is 9.05. The highest BCUT2D eigenvalue weighted by Crippen LogP contribution is 2.28.